The van der Waals surface area contributed by atoms with Crippen LogP contribution in [0.25, 0.3) is 0 Å². The van der Waals surface area contributed by atoms with E-state index in [1.165, 1.54) is 37.4 Å². The number of methoxy groups -OCH3 is 1. The van der Waals surface area contributed by atoms with Gasteiger partial charge in [0.2, 0.25) is 0 Å². The van der Waals surface area contributed by atoms with E-state index in [4.69, 9.17) is 32.7 Å². The molecule has 1 heterocycles. The van der Waals surface area contributed by atoms with Crippen LogP contribution in [0.5, 0.6) is 0 Å². The van der Waals surface area contributed by atoms with Gasteiger partial charge in [-0.2, -0.15) is 0 Å². The lowest BCUT2D eigenvalue weighted by molar-refractivity contribution is -0.0733. The number of aromatic carboxylic acids is 1. The minimum atomic E-state index is -1.42. The summed E-state index contributed by atoms with van der Waals surface area (Å²) in [5.74, 6) is -2.79. The largest absolute Gasteiger partial charge is 0.478 e. The van der Waals surface area contributed by atoms with E-state index in [0.29, 0.717) is 48.6 Å². The number of carboxylic acid groups (broad SMARTS) is 1. The summed E-state index contributed by atoms with van der Waals surface area (Å²) >= 11 is 12.1. The van der Waals surface area contributed by atoms with Gasteiger partial charge in [-0.15, -0.1) is 0 Å². The second-order valence-electron chi connectivity index (χ2n) is 10.6. The van der Waals surface area contributed by atoms with Crippen molar-refractivity contribution in [3.8, 4) is 0 Å². The van der Waals surface area contributed by atoms with Gasteiger partial charge in [-0.05, 0) is 85.2 Å². The van der Waals surface area contributed by atoms with Crippen molar-refractivity contribution in [2.75, 3.05) is 20.3 Å². The number of hydrogen-bond donors (Lipinski definition) is 3. The summed E-state index contributed by atoms with van der Waals surface area (Å²) in [6.45, 7) is 4.27. The molecule has 0 bridgehead atoms. The molecule has 4 rings (SSSR count). The van der Waals surface area contributed by atoms with Crippen LogP contribution in [-0.4, -0.2) is 42.4 Å². The summed E-state index contributed by atoms with van der Waals surface area (Å²) in [6.07, 6.45) is 1.47. The van der Waals surface area contributed by atoms with Crippen molar-refractivity contribution < 1.29 is 33.7 Å². The molecule has 1 aliphatic rings. The molecule has 0 spiro atoms. The Morgan fingerprint density at radius 3 is 2.26 bits per heavy atom. The molecule has 224 valence electrons. The van der Waals surface area contributed by atoms with Crippen LogP contribution < -0.4 is 5.32 Å². The molecule has 2 atom stereocenters. The Bertz CT molecular complexity index is 1460. The monoisotopic (exact) mass is 617 g/mol. The molecule has 1 aliphatic heterocycles. The molecule has 1 fully saturated rings. The fourth-order valence-corrected chi connectivity index (χ4v) is 6.03. The van der Waals surface area contributed by atoms with E-state index in [2.05, 4.69) is 5.32 Å². The van der Waals surface area contributed by atoms with Crippen LogP contribution in [0.3, 0.4) is 0 Å². The Labute approximate surface area is 254 Å². The second kappa shape index (κ2) is 13.1. The number of halogens is 3. The van der Waals surface area contributed by atoms with E-state index in [1.807, 2.05) is 6.92 Å². The lowest BCUT2D eigenvalue weighted by atomic mass is 9.73. The van der Waals surface area contributed by atoms with Gasteiger partial charge in [-0.25, -0.2) is 9.18 Å². The summed E-state index contributed by atoms with van der Waals surface area (Å²) in [6, 6.07) is 13.8. The Morgan fingerprint density at radius 1 is 1.02 bits per heavy atom. The third-order valence-electron chi connectivity index (χ3n) is 8.29. The van der Waals surface area contributed by atoms with Gasteiger partial charge in [0.25, 0.3) is 5.91 Å². The number of aliphatic hydroxyl groups is 1. The first-order valence-electron chi connectivity index (χ1n) is 13.7. The third-order valence-corrected chi connectivity index (χ3v) is 8.78. The van der Waals surface area contributed by atoms with Gasteiger partial charge in [-0.1, -0.05) is 48.3 Å². The van der Waals surface area contributed by atoms with Crippen molar-refractivity contribution in [3.63, 3.8) is 0 Å². The van der Waals surface area contributed by atoms with Crippen molar-refractivity contribution >= 4 is 35.1 Å². The fourth-order valence-electron chi connectivity index (χ4n) is 5.73. The molecule has 3 aromatic carbocycles. The second-order valence-corrected chi connectivity index (χ2v) is 11.5. The Hall–Kier alpha value is -3.01. The summed E-state index contributed by atoms with van der Waals surface area (Å²) in [7, 11) is 1.42. The van der Waals surface area contributed by atoms with E-state index >= 15 is 4.39 Å². The standard InChI is InChI=1S/C32H34Cl2FNO6/c1-4-32(40,21-11-13-42-14-12-21)22-15-26(29(37)36-18-19-5-8-24(34)17-25(19)30(38)39)28(27(35)16-22)31(2,41-3)20-6-9-23(33)10-7-20/h5-10,15-17,21,40H,4,11-14,18H2,1-3H3,(H,36,37)(H,38,39)/t31-,32-/m1/s1. The normalized spacial score (nSPS) is 16.8. The van der Waals surface area contributed by atoms with Crippen molar-refractivity contribution in [3.05, 3.63) is 104 Å². The van der Waals surface area contributed by atoms with E-state index < -0.39 is 28.9 Å². The van der Waals surface area contributed by atoms with Gasteiger partial charge in [-0.3, -0.25) is 4.79 Å². The molecular weight excluding hydrogens is 584 g/mol. The van der Waals surface area contributed by atoms with Gasteiger partial charge in [0.1, 0.15) is 11.4 Å². The van der Waals surface area contributed by atoms with Gasteiger partial charge in [0, 0.05) is 48.0 Å². The van der Waals surface area contributed by atoms with Crippen molar-refractivity contribution in [2.24, 2.45) is 5.92 Å². The summed E-state index contributed by atoms with van der Waals surface area (Å²) in [5.41, 5.74) is -1.83. The first-order chi connectivity index (χ1) is 19.9. The van der Waals surface area contributed by atoms with Crippen LogP contribution in [-0.2, 0) is 27.2 Å². The third kappa shape index (κ3) is 6.33. The number of amides is 1. The first kappa shape index (κ1) is 31.9. The van der Waals surface area contributed by atoms with E-state index in [0.717, 1.165) is 0 Å². The predicted molar refractivity (Wildman–Crippen MR) is 159 cm³/mol. The van der Waals surface area contributed by atoms with Crippen LogP contribution in [0, 0.1) is 11.7 Å². The molecule has 1 amide bonds. The lowest BCUT2D eigenvalue weighted by Gasteiger charge is -2.39. The summed E-state index contributed by atoms with van der Waals surface area (Å²) in [4.78, 5) is 25.7. The van der Waals surface area contributed by atoms with Gasteiger partial charge in [0.05, 0.1) is 11.2 Å². The SMILES string of the molecule is CC[C@](O)(c1cc(F)c([C@](C)(OC)c2ccc(Cl)cc2)c(C(=O)NCc2ccc(Cl)cc2C(=O)O)c1)C1CCOCC1. The molecule has 1 saturated heterocycles. The molecular formula is C32H34Cl2FNO6. The Balaban J connectivity index is 1.85. The minimum Gasteiger partial charge on any atom is -0.478 e. The summed E-state index contributed by atoms with van der Waals surface area (Å²) < 4.78 is 27.8. The van der Waals surface area contributed by atoms with Gasteiger partial charge < -0.3 is 25.0 Å². The quantitative estimate of drug-likeness (QED) is 0.234. The zero-order chi connectivity index (χ0) is 30.7. The maximum Gasteiger partial charge on any atom is 0.336 e. The molecule has 3 aromatic rings. The lowest BCUT2D eigenvalue weighted by Crippen LogP contribution is -2.39. The predicted octanol–water partition coefficient (Wildman–Crippen LogP) is 6.69. The van der Waals surface area contributed by atoms with E-state index in [9.17, 15) is 19.8 Å². The van der Waals surface area contributed by atoms with E-state index in [-0.39, 0.29) is 39.7 Å². The Kier molecular flexibility index (Phi) is 9.96. The van der Waals surface area contributed by atoms with Crippen molar-refractivity contribution in [2.45, 2.75) is 50.9 Å². The summed E-state index contributed by atoms with van der Waals surface area (Å²) in [5, 5.41) is 25.0. The maximum absolute atomic E-state index is 16.4. The van der Waals surface area contributed by atoms with E-state index in [1.54, 1.807) is 31.2 Å². The average molecular weight is 619 g/mol. The zero-order valence-corrected chi connectivity index (χ0v) is 25.2. The van der Waals surface area contributed by atoms with Crippen LogP contribution >= 0.6 is 23.2 Å². The minimum absolute atomic E-state index is 0.0337. The van der Waals surface area contributed by atoms with Gasteiger partial charge >= 0.3 is 5.97 Å². The van der Waals surface area contributed by atoms with Crippen LogP contribution in [0.2, 0.25) is 10.0 Å². The number of carboxylic acids is 1. The zero-order valence-electron chi connectivity index (χ0n) is 23.7. The van der Waals surface area contributed by atoms with Crippen LogP contribution in [0.4, 0.5) is 4.39 Å². The molecule has 42 heavy (non-hydrogen) atoms. The number of carbonyl (C=O) groups is 2. The van der Waals surface area contributed by atoms with Crippen LogP contribution in [0.1, 0.15) is 76.1 Å². The topological polar surface area (TPSA) is 105 Å². The van der Waals surface area contributed by atoms with Crippen molar-refractivity contribution in [1.29, 1.82) is 0 Å². The smallest absolute Gasteiger partial charge is 0.336 e. The maximum atomic E-state index is 16.4. The average Bonchev–Trinajstić information content (AvgIpc) is 2.99. The molecule has 0 radical (unpaired) electrons. The Morgan fingerprint density at radius 2 is 1.67 bits per heavy atom. The molecule has 0 unspecified atom stereocenters. The number of benzene rings is 3. The highest BCUT2D eigenvalue weighted by Gasteiger charge is 2.42. The molecule has 0 aromatic heterocycles. The molecule has 10 heteroatoms. The number of hydrogen-bond acceptors (Lipinski definition) is 5. The number of nitrogens with one attached hydrogen (secondary N) is 1. The van der Waals surface area contributed by atoms with Gasteiger partial charge in [0.15, 0.2) is 0 Å². The highest BCUT2D eigenvalue weighted by Crippen LogP contribution is 2.43. The highest BCUT2D eigenvalue weighted by atomic mass is 35.5. The number of carbonyl (C=O) groups excluding carboxylic acids is 1. The first-order valence-corrected chi connectivity index (χ1v) is 14.5. The molecule has 0 saturated carbocycles. The van der Waals surface area contributed by atoms with Crippen molar-refractivity contribution in [1.82, 2.24) is 5.32 Å². The van der Waals surface area contributed by atoms with Crippen LogP contribution in [0.15, 0.2) is 54.6 Å². The highest BCUT2D eigenvalue weighted by molar-refractivity contribution is 6.31. The number of rotatable bonds is 10. The number of ether oxygens (including phenoxy) is 2. The fraction of sp³-hybridized carbons (Fsp3) is 0.375. The molecule has 0 aliphatic carbocycles. The molecule has 7 nitrogen and oxygen atoms in total. The molecule has 3 N–H and O–H groups in total.